The Balaban J connectivity index is 1.03. The summed E-state index contributed by atoms with van der Waals surface area (Å²) in [6, 6.07) is 18.4. The van der Waals surface area contributed by atoms with Crippen molar-refractivity contribution < 1.29 is 18.3 Å². The number of likely N-dealkylation sites (tertiary alicyclic amines) is 1. The Morgan fingerprint density at radius 1 is 0.885 bits per heavy atom. The van der Waals surface area contributed by atoms with Crippen molar-refractivity contribution in [3.63, 3.8) is 0 Å². The molecule has 52 heavy (non-hydrogen) atoms. The van der Waals surface area contributed by atoms with Crippen molar-refractivity contribution in [2.24, 2.45) is 0 Å². The molecule has 266 valence electrons. The maximum Gasteiger partial charge on any atom is 0.337 e. The minimum absolute atomic E-state index is 0.000790. The molecular formula is C39H37F2N7O4. The number of amides is 1. The molecule has 2 aromatic carbocycles. The first-order chi connectivity index (χ1) is 25.3. The quantitative estimate of drug-likeness (QED) is 0.211. The Labute approximate surface area is 297 Å². The molecule has 0 unspecified atom stereocenters. The van der Waals surface area contributed by atoms with Gasteiger partial charge in [-0.25, -0.2) is 28.1 Å². The number of nitrogens with one attached hydrogen (secondary N) is 1. The standard InChI is InChI=1S/C39H37F2N7O4/c40-27-8-15-35-44-34(24-46(35)23-27)37(49)43-29-9-11-30(12-10-29)48-38(50)33-21-28(41)22-42-36(33)47(39(48)51)31-5-3-4-26(20-31)25-6-13-32(14-7-25)52-19-18-45-16-1-2-17-45/h3-8,13-15,20-24,29-30H,1-2,9-12,16-19H2,(H,43,49). The molecule has 1 amide bonds. The number of hydrogen-bond acceptors (Lipinski definition) is 7. The second-order valence-corrected chi connectivity index (χ2v) is 13.5. The molecule has 4 aromatic heterocycles. The number of imidazole rings is 1. The number of benzene rings is 2. The summed E-state index contributed by atoms with van der Waals surface area (Å²) in [6.07, 6.45) is 8.05. The minimum Gasteiger partial charge on any atom is -0.492 e. The van der Waals surface area contributed by atoms with Crippen LogP contribution in [-0.2, 0) is 0 Å². The molecule has 0 spiro atoms. The number of ether oxygens (including phenoxy) is 1. The molecule has 0 atom stereocenters. The third-order valence-electron chi connectivity index (χ3n) is 10.1. The average Bonchev–Trinajstić information content (AvgIpc) is 3.83. The van der Waals surface area contributed by atoms with Crippen LogP contribution in [0.3, 0.4) is 0 Å². The van der Waals surface area contributed by atoms with Gasteiger partial charge in [0.25, 0.3) is 11.5 Å². The van der Waals surface area contributed by atoms with E-state index in [9.17, 15) is 23.2 Å². The number of aromatic nitrogens is 5. The van der Waals surface area contributed by atoms with Gasteiger partial charge in [0.1, 0.15) is 35.3 Å². The molecule has 6 aromatic rings. The molecule has 13 heteroatoms. The Bertz CT molecular complexity index is 2390. The number of halogens is 2. The number of fused-ring (bicyclic) bond motifs is 2. The Morgan fingerprint density at radius 2 is 1.67 bits per heavy atom. The van der Waals surface area contributed by atoms with Crippen molar-refractivity contribution in [2.45, 2.75) is 50.6 Å². The molecular weight excluding hydrogens is 668 g/mol. The van der Waals surface area contributed by atoms with Crippen LogP contribution in [0.15, 0.2) is 94.9 Å². The highest BCUT2D eigenvalue weighted by molar-refractivity contribution is 5.93. The van der Waals surface area contributed by atoms with Crippen molar-refractivity contribution in [1.82, 2.24) is 33.7 Å². The lowest BCUT2D eigenvalue weighted by atomic mass is 9.90. The normalized spacial score (nSPS) is 17.9. The lowest BCUT2D eigenvalue weighted by Gasteiger charge is -2.30. The van der Waals surface area contributed by atoms with Crippen LogP contribution in [0.2, 0.25) is 0 Å². The predicted molar refractivity (Wildman–Crippen MR) is 192 cm³/mol. The van der Waals surface area contributed by atoms with Crippen molar-refractivity contribution in [3.05, 3.63) is 123 Å². The van der Waals surface area contributed by atoms with Gasteiger partial charge in [-0.2, -0.15) is 0 Å². The molecule has 1 aliphatic heterocycles. The Morgan fingerprint density at radius 3 is 2.46 bits per heavy atom. The highest BCUT2D eigenvalue weighted by Gasteiger charge is 2.29. The molecule has 1 saturated carbocycles. The van der Waals surface area contributed by atoms with Gasteiger partial charge < -0.3 is 14.5 Å². The van der Waals surface area contributed by atoms with Crippen molar-refractivity contribution in [2.75, 3.05) is 26.2 Å². The van der Waals surface area contributed by atoms with E-state index >= 15 is 0 Å². The van der Waals surface area contributed by atoms with Gasteiger partial charge in [-0.3, -0.25) is 19.1 Å². The first-order valence-corrected chi connectivity index (χ1v) is 17.6. The second kappa shape index (κ2) is 14.1. The summed E-state index contributed by atoms with van der Waals surface area (Å²) >= 11 is 0. The van der Waals surface area contributed by atoms with Gasteiger partial charge in [-0.05, 0) is 105 Å². The fourth-order valence-corrected chi connectivity index (χ4v) is 7.42. The van der Waals surface area contributed by atoms with Crippen LogP contribution in [0.1, 0.15) is 55.1 Å². The summed E-state index contributed by atoms with van der Waals surface area (Å²) < 4.78 is 38.2. The second-order valence-electron chi connectivity index (χ2n) is 13.5. The fourth-order valence-electron chi connectivity index (χ4n) is 7.42. The van der Waals surface area contributed by atoms with Crippen LogP contribution in [0, 0.1) is 11.6 Å². The van der Waals surface area contributed by atoms with Gasteiger partial charge in [-0.1, -0.05) is 24.3 Å². The van der Waals surface area contributed by atoms with Crippen LogP contribution in [-0.4, -0.2) is 66.6 Å². The molecule has 1 saturated heterocycles. The van der Waals surface area contributed by atoms with Crippen LogP contribution in [0.5, 0.6) is 5.75 Å². The zero-order valence-electron chi connectivity index (χ0n) is 28.4. The zero-order chi connectivity index (χ0) is 35.8. The third-order valence-corrected chi connectivity index (χ3v) is 10.1. The summed E-state index contributed by atoms with van der Waals surface area (Å²) in [5, 5.41) is 2.98. The lowest BCUT2D eigenvalue weighted by Crippen LogP contribution is -2.45. The van der Waals surface area contributed by atoms with Gasteiger partial charge in [0.15, 0.2) is 5.65 Å². The number of carbonyl (C=O) groups excluding carboxylic acids is 1. The maximum absolute atomic E-state index is 14.5. The third kappa shape index (κ3) is 6.71. The highest BCUT2D eigenvalue weighted by atomic mass is 19.1. The van der Waals surface area contributed by atoms with Crippen LogP contribution >= 0.6 is 0 Å². The fraction of sp³-hybridized carbons (Fsp3) is 0.308. The largest absolute Gasteiger partial charge is 0.492 e. The summed E-state index contributed by atoms with van der Waals surface area (Å²) in [4.78, 5) is 52.0. The van der Waals surface area contributed by atoms with Gasteiger partial charge in [0.05, 0.1) is 17.3 Å². The first-order valence-electron chi connectivity index (χ1n) is 17.6. The van der Waals surface area contributed by atoms with Crippen molar-refractivity contribution >= 4 is 22.6 Å². The molecule has 1 aliphatic carbocycles. The van der Waals surface area contributed by atoms with Gasteiger partial charge in [0, 0.05) is 31.0 Å². The van der Waals surface area contributed by atoms with Gasteiger partial charge in [-0.15, -0.1) is 0 Å². The number of nitrogens with zero attached hydrogens (tertiary/aromatic N) is 6. The molecule has 11 nitrogen and oxygen atoms in total. The summed E-state index contributed by atoms with van der Waals surface area (Å²) in [7, 11) is 0. The smallest absolute Gasteiger partial charge is 0.337 e. The van der Waals surface area contributed by atoms with Crippen LogP contribution < -0.4 is 21.3 Å². The molecule has 5 heterocycles. The van der Waals surface area contributed by atoms with E-state index in [0.29, 0.717) is 43.6 Å². The summed E-state index contributed by atoms with van der Waals surface area (Å²) in [5.41, 5.74) is 1.74. The van der Waals surface area contributed by atoms with E-state index in [1.807, 2.05) is 42.5 Å². The van der Waals surface area contributed by atoms with Crippen molar-refractivity contribution in [1.29, 1.82) is 0 Å². The monoisotopic (exact) mass is 705 g/mol. The number of pyridine rings is 2. The average molecular weight is 706 g/mol. The number of rotatable bonds is 9. The molecule has 1 N–H and O–H groups in total. The topological polar surface area (TPSA) is 116 Å². The van der Waals surface area contributed by atoms with E-state index in [0.717, 1.165) is 48.8 Å². The summed E-state index contributed by atoms with van der Waals surface area (Å²) in [6.45, 7) is 3.77. The van der Waals surface area contributed by atoms with E-state index in [1.165, 1.54) is 50.9 Å². The maximum atomic E-state index is 14.5. The van der Waals surface area contributed by atoms with Crippen molar-refractivity contribution in [3.8, 4) is 22.6 Å². The molecule has 0 bridgehead atoms. The van der Waals surface area contributed by atoms with E-state index < -0.39 is 28.9 Å². The molecule has 2 fully saturated rings. The van der Waals surface area contributed by atoms with E-state index in [2.05, 4.69) is 20.2 Å². The SMILES string of the molecule is O=C(NC1CCC(n2c(=O)c3cc(F)cnc3n(-c3cccc(-c4ccc(OCCN5CCCC5)cc4)c3)c2=O)CC1)c1cn2cc(F)ccc2n1. The first kappa shape index (κ1) is 33.5. The Kier molecular flexibility index (Phi) is 9.10. The van der Waals surface area contributed by atoms with Gasteiger partial charge in [0.2, 0.25) is 0 Å². The molecule has 0 radical (unpaired) electrons. The minimum atomic E-state index is -0.682. The van der Waals surface area contributed by atoms with E-state index in [4.69, 9.17) is 4.74 Å². The number of hydrogen-bond donors (Lipinski definition) is 1. The summed E-state index contributed by atoms with van der Waals surface area (Å²) in [5.74, 6) is -0.734. The van der Waals surface area contributed by atoms with E-state index in [-0.39, 0.29) is 28.7 Å². The van der Waals surface area contributed by atoms with Gasteiger partial charge >= 0.3 is 5.69 Å². The van der Waals surface area contributed by atoms with E-state index in [1.54, 1.807) is 6.07 Å². The number of carbonyl (C=O) groups is 1. The highest BCUT2D eigenvalue weighted by Crippen LogP contribution is 2.29. The Hall–Kier alpha value is -5.69. The zero-order valence-corrected chi connectivity index (χ0v) is 28.4. The molecule has 8 rings (SSSR count). The predicted octanol–water partition coefficient (Wildman–Crippen LogP) is 5.53. The van der Waals surface area contributed by atoms with Crippen LogP contribution in [0.4, 0.5) is 8.78 Å². The molecule has 2 aliphatic rings. The lowest BCUT2D eigenvalue weighted by molar-refractivity contribution is 0.0917. The van der Waals surface area contributed by atoms with Crippen LogP contribution in [0.25, 0.3) is 33.5 Å².